The Balaban J connectivity index is 2.13. The average molecular weight is 317 g/mol. The third-order valence-corrected chi connectivity index (χ3v) is 4.20. The number of nitrogens with zero attached hydrogens (tertiary/aromatic N) is 1. The lowest BCUT2D eigenvalue weighted by Crippen LogP contribution is -2.44. The molecule has 1 aliphatic rings. The van der Waals surface area contributed by atoms with Gasteiger partial charge in [-0.25, -0.2) is 0 Å². The average Bonchev–Trinajstić information content (AvgIpc) is 2.88. The maximum Gasteiger partial charge on any atom is 0.0615 e. The highest BCUT2D eigenvalue weighted by Gasteiger charge is 2.26. The summed E-state index contributed by atoms with van der Waals surface area (Å²) in [7, 11) is 1.75. The molecule has 2 unspecified atom stereocenters. The Morgan fingerprint density at radius 3 is 2.60 bits per heavy atom. The highest BCUT2D eigenvalue weighted by atomic mass is 35.5. The molecule has 1 aromatic rings. The molecule has 112 valence electrons. The number of rotatable bonds is 6. The van der Waals surface area contributed by atoms with Gasteiger partial charge in [0.25, 0.3) is 0 Å². The largest absolute Gasteiger partial charge is 0.383 e. The SMILES string of the molecule is COCC(C)N(Cc1cc(Cl)cc(Cl)c1)C1CCNC1. The van der Waals surface area contributed by atoms with Crippen LogP contribution < -0.4 is 5.32 Å². The number of hydrogen-bond donors (Lipinski definition) is 1. The Kier molecular flexibility index (Phi) is 6.12. The van der Waals surface area contributed by atoms with E-state index in [0.717, 1.165) is 31.8 Å². The van der Waals surface area contributed by atoms with Gasteiger partial charge in [0.1, 0.15) is 0 Å². The predicted octanol–water partition coefficient (Wildman–Crippen LogP) is 3.19. The van der Waals surface area contributed by atoms with Gasteiger partial charge >= 0.3 is 0 Å². The molecule has 5 heteroatoms. The molecule has 0 saturated carbocycles. The van der Waals surface area contributed by atoms with E-state index in [1.54, 1.807) is 13.2 Å². The first-order valence-electron chi connectivity index (χ1n) is 7.00. The van der Waals surface area contributed by atoms with E-state index < -0.39 is 0 Å². The van der Waals surface area contributed by atoms with Gasteiger partial charge < -0.3 is 10.1 Å². The summed E-state index contributed by atoms with van der Waals surface area (Å²) in [5.74, 6) is 0. The van der Waals surface area contributed by atoms with Crippen molar-refractivity contribution in [2.45, 2.75) is 32.0 Å². The summed E-state index contributed by atoms with van der Waals surface area (Å²) in [5.41, 5.74) is 1.15. The van der Waals surface area contributed by atoms with Crippen molar-refractivity contribution in [1.82, 2.24) is 10.2 Å². The highest BCUT2D eigenvalue weighted by molar-refractivity contribution is 6.34. The molecular weight excluding hydrogens is 295 g/mol. The zero-order chi connectivity index (χ0) is 14.5. The topological polar surface area (TPSA) is 24.5 Å². The zero-order valence-corrected chi connectivity index (χ0v) is 13.5. The van der Waals surface area contributed by atoms with E-state index in [9.17, 15) is 0 Å². The highest BCUT2D eigenvalue weighted by Crippen LogP contribution is 2.23. The van der Waals surface area contributed by atoms with E-state index in [1.165, 1.54) is 6.42 Å². The summed E-state index contributed by atoms with van der Waals surface area (Å²) in [4.78, 5) is 2.48. The van der Waals surface area contributed by atoms with Crippen LogP contribution in [0.1, 0.15) is 18.9 Å². The lowest BCUT2D eigenvalue weighted by atomic mass is 10.1. The molecule has 0 aromatic heterocycles. The standard InChI is InChI=1S/C15H22Cl2N2O/c1-11(10-20-2)19(15-3-4-18-8-15)9-12-5-13(16)7-14(17)6-12/h5-7,11,15,18H,3-4,8-10H2,1-2H3. The third-order valence-electron chi connectivity index (χ3n) is 3.76. The third kappa shape index (κ3) is 4.34. The summed E-state index contributed by atoms with van der Waals surface area (Å²) in [6.07, 6.45) is 1.17. The van der Waals surface area contributed by atoms with E-state index in [1.807, 2.05) is 12.1 Å². The smallest absolute Gasteiger partial charge is 0.0615 e. The van der Waals surface area contributed by atoms with Gasteiger partial charge in [0.05, 0.1) is 6.61 Å². The number of ether oxygens (including phenoxy) is 1. The molecule has 0 bridgehead atoms. The molecule has 2 atom stereocenters. The molecule has 1 fully saturated rings. The van der Waals surface area contributed by atoms with Crippen molar-refractivity contribution in [1.29, 1.82) is 0 Å². The predicted molar refractivity (Wildman–Crippen MR) is 84.6 cm³/mol. The van der Waals surface area contributed by atoms with Gasteiger partial charge in [0.15, 0.2) is 0 Å². The van der Waals surface area contributed by atoms with Crippen LogP contribution in [0, 0.1) is 0 Å². The quantitative estimate of drug-likeness (QED) is 0.872. The summed E-state index contributed by atoms with van der Waals surface area (Å²) in [5, 5.41) is 4.81. The van der Waals surface area contributed by atoms with Crippen LogP contribution in [0.5, 0.6) is 0 Å². The molecule has 1 saturated heterocycles. The summed E-state index contributed by atoms with van der Waals surface area (Å²) < 4.78 is 5.32. The number of hydrogen-bond acceptors (Lipinski definition) is 3. The number of methoxy groups -OCH3 is 1. The Morgan fingerprint density at radius 1 is 1.35 bits per heavy atom. The van der Waals surface area contributed by atoms with Crippen LogP contribution in [-0.4, -0.2) is 43.8 Å². The zero-order valence-electron chi connectivity index (χ0n) is 12.0. The van der Waals surface area contributed by atoms with Gasteiger partial charge in [-0.2, -0.15) is 0 Å². The van der Waals surface area contributed by atoms with Gasteiger partial charge in [0, 0.05) is 42.3 Å². The first-order chi connectivity index (χ1) is 9.60. The molecule has 3 nitrogen and oxygen atoms in total. The van der Waals surface area contributed by atoms with Crippen LogP contribution >= 0.6 is 23.2 Å². The summed E-state index contributed by atoms with van der Waals surface area (Å²) in [6, 6.07) is 6.65. The second-order valence-corrected chi connectivity index (χ2v) is 6.27. The minimum atomic E-state index is 0.364. The van der Waals surface area contributed by atoms with Gasteiger partial charge in [0.2, 0.25) is 0 Å². The molecule has 1 heterocycles. The van der Waals surface area contributed by atoms with E-state index in [2.05, 4.69) is 17.1 Å². The van der Waals surface area contributed by atoms with Gasteiger partial charge in [-0.3, -0.25) is 4.90 Å². The lowest BCUT2D eigenvalue weighted by Gasteiger charge is -2.34. The molecule has 0 spiro atoms. The van der Waals surface area contributed by atoms with Crippen molar-refractivity contribution < 1.29 is 4.74 Å². The van der Waals surface area contributed by atoms with Gasteiger partial charge in [-0.1, -0.05) is 23.2 Å². The van der Waals surface area contributed by atoms with Crippen molar-refractivity contribution in [2.24, 2.45) is 0 Å². The van der Waals surface area contributed by atoms with E-state index >= 15 is 0 Å². The second kappa shape index (κ2) is 7.62. The fourth-order valence-electron chi connectivity index (χ4n) is 2.82. The van der Waals surface area contributed by atoms with Crippen molar-refractivity contribution in [3.8, 4) is 0 Å². The molecule has 0 amide bonds. The van der Waals surface area contributed by atoms with Crippen molar-refractivity contribution in [3.63, 3.8) is 0 Å². The number of benzene rings is 1. The van der Waals surface area contributed by atoms with Crippen molar-refractivity contribution in [3.05, 3.63) is 33.8 Å². The second-order valence-electron chi connectivity index (χ2n) is 5.40. The molecular formula is C15H22Cl2N2O. The molecule has 1 aliphatic heterocycles. The van der Waals surface area contributed by atoms with Crippen molar-refractivity contribution in [2.75, 3.05) is 26.8 Å². The molecule has 0 aliphatic carbocycles. The Morgan fingerprint density at radius 2 is 2.05 bits per heavy atom. The molecule has 1 N–H and O–H groups in total. The number of nitrogens with one attached hydrogen (secondary N) is 1. The minimum absolute atomic E-state index is 0.364. The van der Waals surface area contributed by atoms with Gasteiger partial charge in [-0.15, -0.1) is 0 Å². The summed E-state index contributed by atoms with van der Waals surface area (Å²) >= 11 is 12.2. The molecule has 1 aromatic carbocycles. The minimum Gasteiger partial charge on any atom is -0.383 e. The van der Waals surface area contributed by atoms with E-state index in [0.29, 0.717) is 22.1 Å². The van der Waals surface area contributed by atoms with Gasteiger partial charge in [-0.05, 0) is 43.7 Å². The molecule has 0 radical (unpaired) electrons. The normalized spacial score (nSPS) is 20.6. The maximum atomic E-state index is 6.09. The van der Waals surface area contributed by atoms with Crippen LogP contribution in [-0.2, 0) is 11.3 Å². The van der Waals surface area contributed by atoms with E-state index in [-0.39, 0.29) is 0 Å². The Bertz CT molecular complexity index is 416. The molecule has 2 rings (SSSR count). The van der Waals surface area contributed by atoms with Crippen LogP contribution in [0.25, 0.3) is 0 Å². The fourth-order valence-corrected chi connectivity index (χ4v) is 3.39. The Hall–Kier alpha value is -0.320. The van der Waals surface area contributed by atoms with E-state index in [4.69, 9.17) is 27.9 Å². The maximum absolute atomic E-state index is 6.09. The van der Waals surface area contributed by atoms with Crippen LogP contribution in [0.3, 0.4) is 0 Å². The van der Waals surface area contributed by atoms with Crippen molar-refractivity contribution >= 4 is 23.2 Å². The monoisotopic (exact) mass is 316 g/mol. The first kappa shape index (κ1) is 16.1. The first-order valence-corrected chi connectivity index (χ1v) is 7.76. The fraction of sp³-hybridized carbons (Fsp3) is 0.600. The Labute approximate surface area is 131 Å². The molecule has 20 heavy (non-hydrogen) atoms. The van der Waals surface area contributed by atoms with Crippen LogP contribution in [0.15, 0.2) is 18.2 Å². The lowest BCUT2D eigenvalue weighted by molar-refractivity contribution is 0.0688. The van der Waals surface area contributed by atoms with Crippen LogP contribution in [0.4, 0.5) is 0 Å². The summed E-state index contributed by atoms with van der Waals surface area (Å²) in [6.45, 7) is 5.88. The van der Waals surface area contributed by atoms with Crippen LogP contribution in [0.2, 0.25) is 10.0 Å². The number of halogens is 2.